The minimum atomic E-state index is -0.877. The van der Waals surface area contributed by atoms with Crippen LogP contribution < -0.4 is 0 Å². The highest BCUT2D eigenvalue weighted by molar-refractivity contribution is 5.54. The molecule has 0 atom stereocenters. The van der Waals surface area contributed by atoms with E-state index in [-0.39, 0.29) is 0 Å². The first-order chi connectivity index (χ1) is 11.7. The van der Waals surface area contributed by atoms with Gasteiger partial charge in [-0.3, -0.25) is 0 Å². The molecule has 2 nitrogen and oxygen atoms in total. The summed E-state index contributed by atoms with van der Waals surface area (Å²) in [5.41, 5.74) is 1.64. The van der Waals surface area contributed by atoms with Crippen molar-refractivity contribution in [3.63, 3.8) is 0 Å². The van der Waals surface area contributed by atoms with E-state index in [0.717, 1.165) is 42.9 Å². The monoisotopic (exact) mass is 328 g/mol. The van der Waals surface area contributed by atoms with Crippen molar-refractivity contribution in [2.45, 2.75) is 44.4 Å². The Labute approximate surface area is 141 Å². The summed E-state index contributed by atoms with van der Waals surface area (Å²) in [5, 5.41) is 0. The van der Waals surface area contributed by atoms with Gasteiger partial charge in [0.25, 0.3) is 0 Å². The summed E-state index contributed by atoms with van der Waals surface area (Å²) in [6, 6.07) is 3.74. The van der Waals surface area contributed by atoms with Crippen molar-refractivity contribution in [3.8, 4) is 11.4 Å². The smallest absolute Gasteiger partial charge is 0.159 e. The summed E-state index contributed by atoms with van der Waals surface area (Å²) in [5.74, 6) is 0.00421. The molecule has 0 unspecified atom stereocenters. The molecule has 2 aromatic rings. The summed E-state index contributed by atoms with van der Waals surface area (Å²) in [6.07, 6.45) is 12.8. The lowest BCUT2D eigenvalue weighted by molar-refractivity contribution is 0.311. The van der Waals surface area contributed by atoms with Gasteiger partial charge < -0.3 is 0 Å². The average molecular weight is 328 g/mol. The summed E-state index contributed by atoms with van der Waals surface area (Å²) < 4.78 is 26.3. The second-order valence-electron chi connectivity index (χ2n) is 6.55. The van der Waals surface area contributed by atoms with Crippen LogP contribution in [0.5, 0.6) is 0 Å². The molecular formula is C20H22F2N2. The molecule has 1 fully saturated rings. The van der Waals surface area contributed by atoms with Crippen molar-refractivity contribution in [3.05, 3.63) is 60.4 Å². The number of hydrogen-bond acceptors (Lipinski definition) is 2. The summed E-state index contributed by atoms with van der Waals surface area (Å²) >= 11 is 0. The summed E-state index contributed by atoms with van der Waals surface area (Å²) in [6.45, 7) is 3.79. The Morgan fingerprint density at radius 2 is 1.75 bits per heavy atom. The molecule has 1 heterocycles. The molecule has 4 heteroatoms. The van der Waals surface area contributed by atoms with Gasteiger partial charge >= 0.3 is 0 Å². The zero-order valence-electron chi connectivity index (χ0n) is 13.7. The van der Waals surface area contributed by atoms with Gasteiger partial charge in [0, 0.05) is 18.0 Å². The van der Waals surface area contributed by atoms with Gasteiger partial charge in [0.05, 0.1) is 0 Å². The predicted octanol–water partition coefficient (Wildman–Crippen LogP) is 5.66. The standard InChI is InChI=1S/C20H22F2N2/c1-2-3-4-14-5-7-15(8-6-14)17-12-23-20(24-13-17)16-9-10-18(21)19(22)11-16/h2,9-15H,1,3-8H2/t14-,15-. The van der Waals surface area contributed by atoms with Crippen LogP contribution in [-0.4, -0.2) is 9.97 Å². The minimum absolute atomic E-state index is 0.428. The maximum Gasteiger partial charge on any atom is 0.159 e. The van der Waals surface area contributed by atoms with Gasteiger partial charge in [-0.1, -0.05) is 6.08 Å². The fourth-order valence-corrected chi connectivity index (χ4v) is 3.47. The van der Waals surface area contributed by atoms with Crippen LogP contribution in [0.1, 0.15) is 50.0 Å². The quantitative estimate of drug-likeness (QED) is 0.662. The van der Waals surface area contributed by atoms with Crippen LogP contribution in [0.15, 0.2) is 43.2 Å². The first-order valence-electron chi connectivity index (χ1n) is 8.55. The Balaban J connectivity index is 1.65. The van der Waals surface area contributed by atoms with E-state index in [9.17, 15) is 8.78 Å². The number of rotatable bonds is 5. The third-order valence-electron chi connectivity index (χ3n) is 4.95. The third-order valence-corrected chi connectivity index (χ3v) is 4.95. The molecule has 0 saturated heterocycles. The Morgan fingerprint density at radius 1 is 1.04 bits per heavy atom. The van der Waals surface area contributed by atoms with E-state index in [2.05, 4.69) is 16.5 Å². The lowest BCUT2D eigenvalue weighted by atomic mass is 9.78. The largest absolute Gasteiger partial charge is 0.236 e. The second-order valence-corrected chi connectivity index (χ2v) is 6.55. The van der Waals surface area contributed by atoms with Crippen LogP contribution in [0.3, 0.4) is 0 Å². The molecular weight excluding hydrogens is 306 g/mol. The Bertz CT molecular complexity index is 689. The first-order valence-corrected chi connectivity index (χ1v) is 8.55. The molecule has 24 heavy (non-hydrogen) atoms. The molecule has 3 rings (SSSR count). The molecule has 0 spiro atoms. The minimum Gasteiger partial charge on any atom is -0.236 e. The Hall–Kier alpha value is -2.10. The van der Waals surface area contributed by atoms with Crippen molar-refractivity contribution in [1.29, 1.82) is 0 Å². The maximum atomic E-state index is 13.3. The maximum absolute atomic E-state index is 13.3. The predicted molar refractivity (Wildman–Crippen MR) is 91.5 cm³/mol. The zero-order chi connectivity index (χ0) is 16.9. The normalized spacial score (nSPS) is 20.8. The fraction of sp³-hybridized carbons (Fsp3) is 0.400. The van der Waals surface area contributed by atoms with Gasteiger partial charge in [-0.05, 0) is 74.1 Å². The molecule has 1 aliphatic carbocycles. The van der Waals surface area contributed by atoms with Crippen molar-refractivity contribution in [2.75, 3.05) is 0 Å². The van der Waals surface area contributed by atoms with E-state index in [1.54, 1.807) is 0 Å². The third kappa shape index (κ3) is 3.86. The number of halogens is 2. The highest BCUT2D eigenvalue weighted by Crippen LogP contribution is 2.37. The summed E-state index contributed by atoms with van der Waals surface area (Å²) in [4.78, 5) is 8.70. The van der Waals surface area contributed by atoms with E-state index in [4.69, 9.17) is 0 Å². The van der Waals surface area contributed by atoms with Gasteiger partial charge in [-0.25, -0.2) is 18.7 Å². The molecule has 0 bridgehead atoms. The molecule has 0 radical (unpaired) electrons. The lowest BCUT2D eigenvalue weighted by Gasteiger charge is -2.28. The number of aromatic nitrogens is 2. The van der Waals surface area contributed by atoms with Gasteiger partial charge in [-0.2, -0.15) is 0 Å². The number of benzene rings is 1. The molecule has 1 aliphatic rings. The van der Waals surface area contributed by atoms with E-state index >= 15 is 0 Å². The van der Waals surface area contributed by atoms with Gasteiger partial charge in [-0.15, -0.1) is 6.58 Å². The number of nitrogens with zero attached hydrogens (tertiary/aromatic N) is 2. The Kier molecular flexibility index (Phi) is 5.34. The van der Waals surface area contributed by atoms with Crippen molar-refractivity contribution in [2.24, 2.45) is 5.92 Å². The van der Waals surface area contributed by atoms with Crippen LogP contribution in [-0.2, 0) is 0 Å². The van der Waals surface area contributed by atoms with Crippen molar-refractivity contribution in [1.82, 2.24) is 9.97 Å². The SMILES string of the molecule is C=CCC[C@H]1CC[C@H](c2cnc(-c3ccc(F)c(F)c3)nc2)CC1. The average Bonchev–Trinajstić information content (AvgIpc) is 2.63. The fourth-order valence-electron chi connectivity index (χ4n) is 3.47. The first kappa shape index (κ1) is 16.7. The van der Waals surface area contributed by atoms with Crippen LogP contribution in [0, 0.1) is 17.6 Å². The second kappa shape index (κ2) is 7.65. The molecule has 0 aliphatic heterocycles. The van der Waals surface area contributed by atoms with E-state index in [0.29, 0.717) is 17.3 Å². The number of hydrogen-bond donors (Lipinski definition) is 0. The topological polar surface area (TPSA) is 25.8 Å². The molecule has 1 aromatic heterocycles. The zero-order valence-corrected chi connectivity index (χ0v) is 13.7. The van der Waals surface area contributed by atoms with Gasteiger partial charge in [0.2, 0.25) is 0 Å². The molecule has 0 amide bonds. The highest BCUT2D eigenvalue weighted by Gasteiger charge is 2.22. The lowest BCUT2D eigenvalue weighted by Crippen LogP contribution is -2.13. The molecule has 0 N–H and O–H groups in total. The van der Waals surface area contributed by atoms with Crippen LogP contribution in [0.4, 0.5) is 8.78 Å². The highest BCUT2D eigenvalue weighted by atomic mass is 19.2. The van der Waals surface area contributed by atoms with Crippen molar-refractivity contribution < 1.29 is 8.78 Å². The molecule has 1 aromatic carbocycles. The summed E-state index contributed by atoms with van der Waals surface area (Å²) in [7, 11) is 0. The molecule has 1 saturated carbocycles. The van der Waals surface area contributed by atoms with Gasteiger partial charge in [0.1, 0.15) is 0 Å². The van der Waals surface area contributed by atoms with E-state index < -0.39 is 11.6 Å². The molecule has 126 valence electrons. The van der Waals surface area contributed by atoms with Crippen LogP contribution in [0.25, 0.3) is 11.4 Å². The van der Waals surface area contributed by atoms with Crippen LogP contribution >= 0.6 is 0 Å². The number of allylic oxidation sites excluding steroid dienone is 1. The van der Waals surface area contributed by atoms with Crippen molar-refractivity contribution >= 4 is 0 Å². The van der Waals surface area contributed by atoms with E-state index in [1.165, 1.54) is 25.3 Å². The Morgan fingerprint density at radius 3 is 2.38 bits per heavy atom. The van der Waals surface area contributed by atoms with Gasteiger partial charge in [0.15, 0.2) is 17.5 Å². The van der Waals surface area contributed by atoms with E-state index in [1.807, 2.05) is 18.5 Å². The van der Waals surface area contributed by atoms with Crippen LogP contribution in [0.2, 0.25) is 0 Å².